The van der Waals surface area contributed by atoms with Crippen molar-refractivity contribution in [1.82, 2.24) is 10.2 Å². The first-order chi connectivity index (χ1) is 9.14. The third-order valence-electron chi connectivity index (χ3n) is 5.42. The summed E-state index contributed by atoms with van der Waals surface area (Å²) in [6.07, 6.45) is 10.8. The molecular weight excluding hydrogens is 254 g/mol. The van der Waals surface area contributed by atoms with Crippen LogP contribution in [0.1, 0.15) is 51.4 Å². The highest BCUT2D eigenvalue weighted by Gasteiger charge is 2.40. The predicted octanol–water partition coefficient (Wildman–Crippen LogP) is 2.87. The molecule has 0 aromatic heterocycles. The maximum absolute atomic E-state index is 4.94. The Bertz CT molecular complexity index is 352. The summed E-state index contributed by atoms with van der Waals surface area (Å²) in [7, 11) is 4.44. The second-order valence-corrected chi connectivity index (χ2v) is 7.81. The van der Waals surface area contributed by atoms with Gasteiger partial charge in [-0.05, 0) is 39.8 Å². The van der Waals surface area contributed by atoms with E-state index >= 15 is 0 Å². The smallest absolute Gasteiger partial charge is 0.157 e. The van der Waals surface area contributed by atoms with Gasteiger partial charge in [-0.25, -0.2) is 0 Å². The van der Waals surface area contributed by atoms with Crippen LogP contribution in [-0.4, -0.2) is 47.5 Å². The molecule has 3 fully saturated rings. The molecule has 108 valence electrons. The number of nitrogens with one attached hydrogen (secondary N) is 1. The van der Waals surface area contributed by atoms with E-state index in [1.165, 1.54) is 62.3 Å². The summed E-state index contributed by atoms with van der Waals surface area (Å²) in [4.78, 5) is 7.36. The highest BCUT2D eigenvalue weighted by atomic mass is 32.2. The average molecular weight is 281 g/mol. The molecule has 0 atom stereocenters. The van der Waals surface area contributed by atoms with Crippen molar-refractivity contribution in [3.63, 3.8) is 0 Å². The highest BCUT2D eigenvalue weighted by Crippen LogP contribution is 2.38. The van der Waals surface area contributed by atoms with Crippen LogP contribution in [0.5, 0.6) is 0 Å². The van der Waals surface area contributed by atoms with Gasteiger partial charge in [0.2, 0.25) is 0 Å². The van der Waals surface area contributed by atoms with E-state index in [1.807, 2.05) is 11.8 Å². The number of nitrogens with zero attached hydrogens (tertiary/aromatic N) is 2. The molecule has 1 N–H and O–H groups in total. The number of rotatable bonds is 3. The maximum Gasteiger partial charge on any atom is 0.157 e. The molecule has 0 radical (unpaired) electrons. The zero-order valence-electron chi connectivity index (χ0n) is 12.4. The Morgan fingerprint density at radius 3 is 2.37 bits per heavy atom. The van der Waals surface area contributed by atoms with Crippen molar-refractivity contribution in [2.45, 2.75) is 62.4 Å². The molecule has 2 saturated carbocycles. The fourth-order valence-electron chi connectivity index (χ4n) is 3.91. The fraction of sp³-hybridized carbons (Fsp3) is 0.933. The third-order valence-corrected chi connectivity index (χ3v) is 6.62. The van der Waals surface area contributed by atoms with Gasteiger partial charge in [-0.15, -0.1) is 0 Å². The van der Waals surface area contributed by atoms with Crippen molar-refractivity contribution < 1.29 is 0 Å². The van der Waals surface area contributed by atoms with Crippen molar-refractivity contribution in [2.75, 3.05) is 26.4 Å². The first-order valence-corrected chi connectivity index (χ1v) is 8.76. The Morgan fingerprint density at radius 2 is 1.74 bits per heavy atom. The summed E-state index contributed by atoms with van der Waals surface area (Å²) in [5, 5.41) is 4.96. The van der Waals surface area contributed by atoms with Gasteiger partial charge in [0.1, 0.15) is 0 Å². The van der Waals surface area contributed by atoms with Gasteiger partial charge in [-0.3, -0.25) is 4.99 Å². The van der Waals surface area contributed by atoms with Crippen LogP contribution in [0.25, 0.3) is 0 Å². The lowest BCUT2D eigenvalue weighted by atomic mass is 9.96. The zero-order valence-corrected chi connectivity index (χ0v) is 13.2. The van der Waals surface area contributed by atoms with Crippen LogP contribution < -0.4 is 5.32 Å². The van der Waals surface area contributed by atoms with Crippen LogP contribution in [0.3, 0.4) is 0 Å². The SMILES string of the molecule is CN(C)C1(CN=C2NC3(CCCC3)CS2)CCCC1. The molecule has 1 saturated heterocycles. The maximum atomic E-state index is 4.94. The Labute approximate surface area is 121 Å². The minimum Gasteiger partial charge on any atom is -0.359 e. The predicted molar refractivity (Wildman–Crippen MR) is 84.0 cm³/mol. The molecule has 0 amide bonds. The molecule has 0 bridgehead atoms. The summed E-state index contributed by atoms with van der Waals surface area (Å²) in [5.41, 5.74) is 0.741. The van der Waals surface area contributed by atoms with Gasteiger partial charge in [0, 0.05) is 16.8 Å². The van der Waals surface area contributed by atoms with Gasteiger partial charge in [-0.2, -0.15) is 0 Å². The molecule has 0 aromatic carbocycles. The summed E-state index contributed by atoms with van der Waals surface area (Å²) in [6, 6.07) is 0. The molecule has 0 aromatic rings. The molecule has 2 aliphatic carbocycles. The van der Waals surface area contributed by atoms with E-state index in [-0.39, 0.29) is 0 Å². The second-order valence-electron chi connectivity index (χ2n) is 6.85. The average Bonchev–Trinajstić information content (AvgIpc) is 3.11. The van der Waals surface area contributed by atoms with E-state index in [0.29, 0.717) is 11.1 Å². The minimum atomic E-state index is 0.334. The summed E-state index contributed by atoms with van der Waals surface area (Å²) >= 11 is 1.95. The van der Waals surface area contributed by atoms with E-state index in [9.17, 15) is 0 Å². The Morgan fingerprint density at radius 1 is 1.11 bits per heavy atom. The van der Waals surface area contributed by atoms with Gasteiger partial charge >= 0.3 is 0 Å². The molecule has 3 nitrogen and oxygen atoms in total. The quantitative estimate of drug-likeness (QED) is 0.862. The monoisotopic (exact) mass is 281 g/mol. The lowest BCUT2D eigenvalue weighted by molar-refractivity contribution is 0.167. The molecule has 1 spiro atoms. The van der Waals surface area contributed by atoms with Crippen molar-refractivity contribution in [1.29, 1.82) is 0 Å². The molecule has 1 aliphatic heterocycles. The van der Waals surface area contributed by atoms with Crippen molar-refractivity contribution in [2.24, 2.45) is 4.99 Å². The van der Waals surface area contributed by atoms with E-state index in [4.69, 9.17) is 4.99 Å². The Balaban J connectivity index is 1.63. The Kier molecular flexibility index (Phi) is 3.82. The Hall–Kier alpha value is -0.220. The number of thioether (sulfide) groups is 1. The summed E-state index contributed by atoms with van der Waals surface area (Å²) in [5.74, 6) is 1.24. The molecule has 0 unspecified atom stereocenters. The van der Waals surface area contributed by atoms with E-state index in [1.54, 1.807) is 0 Å². The lowest BCUT2D eigenvalue weighted by Crippen LogP contribution is -2.45. The summed E-state index contributed by atoms with van der Waals surface area (Å²) in [6.45, 7) is 0.978. The number of likely N-dealkylation sites (N-methyl/N-ethyl adjacent to an activating group) is 1. The van der Waals surface area contributed by atoms with Crippen LogP contribution in [0.15, 0.2) is 4.99 Å². The van der Waals surface area contributed by atoms with Gasteiger partial charge in [0.05, 0.1) is 6.54 Å². The van der Waals surface area contributed by atoms with E-state index in [0.717, 1.165) is 6.54 Å². The fourth-order valence-corrected chi connectivity index (χ4v) is 5.13. The molecular formula is C15H27N3S. The lowest BCUT2D eigenvalue weighted by Gasteiger charge is -2.35. The largest absolute Gasteiger partial charge is 0.359 e. The molecule has 3 rings (SSSR count). The van der Waals surface area contributed by atoms with Crippen LogP contribution in [0.4, 0.5) is 0 Å². The number of hydrogen-bond donors (Lipinski definition) is 1. The zero-order chi connectivity index (χ0) is 13.3. The normalized spacial score (nSPS) is 30.6. The van der Waals surface area contributed by atoms with Gasteiger partial charge in [-0.1, -0.05) is 37.4 Å². The molecule has 1 heterocycles. The van der Waals surface area contributed by atoms with Crippen LogP contribution in [0.2, 0.25) is 0 Å². The highest BCUT2D eigenvalue weighted by molar-refractivity contribution is 8.14. The second kappa shape index (κ2) is 5.28. The minimum absolute atomic E-state index is 0.334. The number of aliphatic imine (C=N–C) groups is 1. The molecule has 4 heteroatoms. The molecule has 19 heavy (non-hydrogen) atoms. The van der Waals surface area contributed by atoms with Gasteiger partial charge in [0.25, 0.3) is 0 Å². The molecule has 3 aliphatic rings. The van der Waals surface area contributed by atoms with Gasteiger partial charge < -0.3 is 10.2 Å². The summed E-state index contributed by atoms with van der Waals surface area (Å²) < 4.78 is 0. The first-order valence-electron chi connectivity index (χ1n) is 7.77. The van der Waals surface area contributed by atoms with E-state index < -0.39 is 0 Å². The van der Waals surface area contributed by atoms with Crippen molar-refractivity contribution in [3.8, 4) is 0 Å². The van der Waals surface area contributed by atoms with Gasteiger partial charge in [0.15, 0.2) is 5.17 Å². The third kappa shape index (κ3) is 2.66. The number of hydrogen-bond acceptors (Lipinski definition) is 3. The topological polar surface area (TPSA) is 27.6 Å². The van der Waals surface area contributed by atoms with Crippen LogP contribution in [-0.2, 0) is 0 Å². The first kappa shape index (κ1) is 13.7. The number of amidine groups is 1. The van der Waals surface area contributed by atoms with E-state index in [2.05, 4.69) is 24.3 Å². The van der Waals surface area contributed by atoms with Crippen molar-refractivity contribution >= 4 is 16.9 Å². The van der Waals surface area contributed by atoms with Crippen LogP contribution in [0, 0.1) is 0 Å². The standard InChI is InChI=1S/C15H27N3S/c1-18(2)15(9-5-6-10-15)11-16-13-17-14(12-19-13)7-3-4-8-14/h3-12H2,1-2H3,(H,16,17). The van der Waals surface area contributed by atoms with Crippen LogP contribution >= 0.6 is 11.8 Å². The van der Waals surface area contributed by atoms with Crippen molar-refractivity contribution in [3.05, 3.63) is 0 Å².